The normalized spacial score (nSPS) is 12.8. The maximum atomic E-state index is 12.5. The van der Waals surface area contributed by atoms with E-state index in [-0.39, 0.29) is 11.9 Å². The van der Waals surface area contributed by atoms with Crippen molar-refractivity contribution in [3.63, 3.8) is 0 Å². The maximum absolute atomic E-state index is 12.5. The second-order valence-electron chi connectivity index (χ2n) is 5.68. The van der Waals surface area contributed by atoms with Crippen LogP contribution in [0.5, 0.6) is 0 Å². The van der Waals surface area contributed by atoms with Gasteiger partial charge < -0.3 is 11.1 Å². The van der Waals surface area contributed by atoms with E-state index in [1.807, 2.05) is 19.1 Å². The summed E-state index contributed by atoms with van der Waals surface area (Å²) in [5.41, 5.74) is 7.94. The molecule has 0 spiro atoms. The first-order chi connectivity index (χ1) is 9.97. The Balaban J connectivity index is 2.25. The van der Waals surface area contributed by atoms with Crippen molar-refractivity contribution in [2.75, 3.05) is 5.73 Å². The van der Waals surface area contributed by atoms with Gasteiger partial charge in [-0.1, -0.05) is 38.8 Å². The smallest absolute Gasteiger partial charge is 0.263 e. The Morgan fingerprint density at radius 1 is 1.33 bits per heavy atom. The third kappa shape index (κ3) is 3.21. The lowest BCUT2D eigenvalue weighted by Gasteiger charge is -2.22. The number of amides is 1. The number of thiophene rings is 1. The van der Waals surface area contributed by atoms with E-state index in [9.17, 15) is 4.79 Å². The van der Waals surface area contributed by atoms with Crippen molar-refractivity contribution in [1.29, 1.82) is 0 Å². The third-order valence-corrected chi connectivity index (χ3v) is 5.37. The number of carbonyl (C=O) groups excluding carboxylic acids is 1. The second-order valence-corrected chi connectivity index (χ2v) is 6.74. The number of hydrogen-bond donors (Lipinski definition) is 2. The zero-order valence-electron chi connectivity index (χ0n) is 13.2. The maximum Gasteiger partial charge on any atom is 0.263 e. The molecule has 0 radical (unpaired) electrons. The molecule has 0 aliphatic carbocycles. The molecule has 0 bridgehead atoms. The van der Waals surface area contributed by atoms with Gasteiger partial charge in [0.25, 0.3) is 5.91 Å². The summed E-state index contributed by atoms with van der Waals surface area (Å²) in [7, 11) is 0. The number of aryl methyl sites for hydroxylation is 1. The molecule has 0 aliphatic rings. The molecule has 0 fully saturated rings. The van der Waals surface area contributed by atoms with E-state index >= 15 is 0 Å². The van der Waals surface area contributed by atoms with E-state index in [2.05, 4.69) is 32.2 Å². The fourth-order valence-electron chi connectivity index (χ4n) is 2.78. The van der Waals surface area contributed by atoms with Crippen molar-refractivity contribution >= 4 is 33.0 Å². The van der Waals surface area contributed by atoms with Gasteiger partial charge >= 0.3 is 0 Å². The van der Waals surface area contributed by atoms with E-state index in [4.69, 9.17) is 5.73 Å². The first-order valence-electron chi connectivity index (χ1n) is 7.57. The predicted molar refractivity (Wildman–Crippen MR) is 92.0 cm³/mol. The van der Waals surface area contributed by atoms with Crippen LogP contribution in [-0.4, -0.2) is 11.9 Å². The number of hydrogen-bond acceptors (Lipinski definition) is 3. The van der Waals surface area contributed by atoms with Crippen LogP contribution in [0, 0.1) is 12.8 Å². The fraction of sp³-hybridized carbons (Fsp3) is 0.471. The lowest BCUT2D eigenvalue weighted by atomic mass is 9.95. The van der Waals surface area contributed by atoms with E-state index < -0.39 is 0 Å². The monoisotopic (exact) mass is 304 g/mol. The molecule has 3 N–H and O–H groups in total. The van der Waals surface area contributed by atoms with Gasteiger partial charge in [0.1, 0.15) is 4.88 Å². The van der Waals surface area contributed by atoms with E-state index in [0.29, 0.717) is 16.5 Å². The summed E-state index contributed by atoms with van der Waals surface area (Å²) >= 11 is 1.48. The minimum Gasteiger partial charge on any atom is -0.397 e. The van der Waals surface area contributed by atoms with Crippen molar-refractivity contribution in [2.24, 2.45) is 5.92 Å². The van der Waals surface area contributed by atoms with Crippen molar-refractivity contribution in [1.82, 2.24) is 5.32 Å². The molecule has 1 amide bonds. The first kappa shape index (κ1) is 15.8. The highest BCUT2D eigenvalue weighted by Crippen LogP contribution is 2.34. The van der Waals surface area contributed by atoms with Crippen LogP contribution in [-0.2, 0) is 0 Å². The average Bonchev–Trinajstić information content (AvgIpc) is 2.76. The average molecular weight is 304 g/mol. The van der Waals surface area contributed by atoms with Crippen LogP contribution in [0.25, 0.3) is 10.1 Å². The number of carbonyl (C=O) groups is 1. The molecule has 0 saturated carbocycles. The SMILES string of the molecule is CCC(CC)C(C)NC(=O)c1sc2cc(C)ccc2c1N. The number of benzene rings is 1. The van der Waals surface area contributed by atoms with Gasteiger partial charge in [-0.25, -0.2) is 0 Å². The van der Waals surface area contributed by atoms with Crippen molar-refractivity contribution < 1.29 is 4.79 Å². The number of nitrogen functional groups attached to an aromatic ring is 1. The summed E-state index contributed by atoms with van der Waals surface area (Å²) in [4.78, 5) is 13.1. The highest BCUT2D eigenvalue weighted by Gasteiger charge is 2.21. The van der Waals surface area contributed by atoms with Gasteiger partial charge in [0.05, 0.1) is 5.69 Å². The summed E-state index contributed by atoms with van der Waals surface area (Å²) in [6.45, 7) is 8.44. The van der Waals surface area contributed by atoms with Crippen molar-refractivity contribution in [3.8, 4) is 0 Å². The summed E-state index contributed by atoms with van der Waals surface area (Å²) in [6, 6.07) is 6.27. The van der Waals surface area contributed by atoms with Crippen LogP contribution in [0.2, 0.25) is 0 Å². The molecule has 3 nitrogen and oxygen atoms in total. The van der Waals surface area contributed by atoms with Gasteiger partial charge in [0.2, 0.25) is 0 Å². The molecular formula is C17H24N2OS. The highest BCUT2D eigenvalue weighted by molar-refractivity contribution is 7.21. The van der Waals surface area contributed by atoms with E-state index in [1.165, 1.54) is 16.9 Å². The summed E-state index contributed by atoms with van der Waals surface area (Å²) in [5, 5.41) is 4.08. The second kappa shape index (κ2) is 6.48. The summed E-state index contributed by atoms with van der Waals surface area (Å²) < 4.78 is 1.08. The van der Waals surface area contributed by atoms with E-state index in [0.717, 1.165) is 22.9 Å². The standard InChI is InChI=1S/C17H24N2OS/c1-5-12(6-2)11(4)19-17(20)16-15(18)13-8-7-10(3)9-14(13)21-16/h7-9,11-12H,5-6,18H2,1-4H3,(H,19,20). The summed E-state index contributed by atoms with van der Waals surface area (Å²) in [5.74, 6) is 0.456. The van der Waals surface area contributed by atoms with Gasteiger partial charge in [0.15, 0.2) is 0 Å². The fourth-order valence-corrected chi connectivity index (χ4v) is 3.90. The number of anilines is 1. The largest absolute Gasteiger partial charge is 0.397 e. The zero-order chi connectivity index (χ0) is 15.6. The third-order valence-electron chi connectivity index (χ3n) is 4.20. The molecule has 1 heterocycles. The molecule has 4 heteroatoms. The molecule has 114 valence electrons. The van der Waals surface area contributed by atoms with Crippen molar-refractivity contribution in [2.45, 2.75) is 46.6 Å². The minimum absolute atomic E-state index is 0.0502. The Morgan fingerprint density at radius 3 is 2.62 bits per heavy atom. The molecule has 0 aliphatic heterocycles. The first-order valence-corrected chi connectivity index (χ1v) is 8.39. The lowest BCUT2D eigenvalue weighted by molar-refractivity contribution is 0.0930. The van der Waals surface area contributed by atoms with Crippen LogP contribution in [0.3, 0.4) is 0 Å². The molecule has 0 saturated heterocycles. The number of rotatable bonds is 5. The molecule has 1 unspecified atom stereocenters. The molecule has 1 aromatic heterocycles. The minimum atomic E-state index is -0.0502. The van der Waals surface area contributed by atoms with Gasteiger partial charge in [-0.2, -0.15) is 0 Å². The van der Waals surface area contributed by atoms with Crippen LogP contribution in [0.15, 0.2) is 18.2 Å². The molecular weight excluding hydrogens is 280 g/mol. The number of nitrogens with one attached hydrogen (secondary N) is 1. The topological polar surface area (TPSA) is 55.1 Å². The van der Waals surface area contributed by atoms with Crippen LogP contribution in [0.1, 0.15) is 48.8 Å². The lowest BCUT2D eigenvalue weighted by Crippen LogP contribution is -2.37. The van der Waals surface area contributed by atoms with Crippen molar-refractivity contribution in [3.05, 3.63) is 28.6 Å². The van der Waals surface area contributed by atoms with Gasteiger partial charge in [-0.05, 0) is 31.4 Å². The summed E-state index contributed by atoms with van der Waals surface area (Å²) in [6.07, 6.45) is 2.14. The Morgan fingerprint density at radius 2 is 2.00 bits per heavy atom. The molecule has 1 atom stereocenters. The molecule has 2 rings (SSSR count). The Kier molecular flexibility index (Phi) is 4.88. The van der Waals surface area contributed by atoms with Gasteiger partial charge in [-0.15, -0.1) is 11.3 Å². The Labute approximate surface area is 130 Å². The Hall–Kier alpha value is -1.55. The number of fused-ring (bicyclic) bond motifs is 1. The molecule has 2 aromatic rings. The predicted octanol–water partition coefficient (Wildman–Crippen LogP) is 4.35. The highest BCUT2D eigenvalue weighted by atomic mass is 32.1. The molecule has 21 heavy (non-hydrogen) atoms. The number of nitrogens with two attached hydrogens (primary N) is 1. The zero-order valence-corrected chi connectivity index (χ0v) is 14.0. The van der Waals surface area contributed by atoms with Crippen LogP contribution >= 0.6 is 11.3 Å². The van der Waals surface area contributed by atoms with Gasteiger partial charge in [-0.3, -0.25) is 4.79 Å². The van der Waals surface area contributed by atoms with Crippen LogP contribution < -0.4 is 11.1 Å². The van der Waals surface area contributed by atoms with E-state index in [1.54, 1.807) is 0 Å². The molecule has 1 aromatic carbocycles. The van der Waals surface area contributed by atoms with Crippen LogP contribution in [0.4, 0.5) is 5.69 Å². The quantitative estimate of drug-likeness (QED) is 0.863. The Bertz CT molecular complexity index is 644. The van der Waals surface area contributed by atoms with Gasteiger partial charge in [0, 0.05) is 16.1 Å².